The predicted molar refractivity (Wildman–Crippen MR) is 104 cm³/mol. The molecule has 3 rings (SSSR count). The topological polar surface area (TPSA) is 121 Å². The fraction of sp³-hybridized carbons (Fsp3) is 0.143. The molecule has 3 N–H and O–H groups in total. The summed E-state index contributed by atoms with van der Waals surface area (Å²) in [6.45, 7) is 0.382. The molecule has 1 amide bonds. The van der Waals surface area contributed by atoms with E-state index in [4.69, 9.17) is 11.0 Å². The molecule has 0 spiro atoms. The van der Waals surface area contributed by atoms with E-state index >= 15 is 0 Å². The van der Waals surface area contributed by atoms with Crippen LogP contribution in [0.15, 0.2) is 48.5 Å². The molecule has 7 nitrogen and oxygen atoms in total. The van der Waals surface area contributed by atoms with Crippen LogP contribution in [-0.2, 0) is 6.42 Å². The molecule has 8 heteroatoms. The number of nitrogen functional groups attached to an aromatic ring is 1. The summed E-state index contributed by atoms with van der Waals surface area (Å²) in [4.78, 5) is 12.1. The Morgan fingerprint density at radius 3 is 2.41 bits per heavy atom. The van der Waals surface area contributed by atoms with Crippen LogP contribution >= 0.6 is 0 Å². The number of anilines is 1. The standard InChI is InChI=1S/C21H17FN6O/c22-16-7-9-17(10-8-16)28-20(25)18(13-24)19(27-28)2-1-11-26-21(29)15-5-3-14(12-23)4-6-15/h3-10H,1-2,11,25H2,(H,26,29). The number of hydrogen-bond donors (Lipinski definition) is 2. The molecule has 0 fully saturated rings. The molecule has 0 bridgehead atoms. The third kappa shape index (κ3) is 4.40. The first-order valence-corrected chi connectivity index (χ1v) is 8.85. The maximum Gasteiger partial charge on any atom is 0.251 e. The quantitative estimate of drug-likeness (QED) is 0.629. The van der Waals surface area contributed by atoms with Gasteiger partial charge in [-0.15, -0.1) is 0 Å². The Morgan fingerprint density at radius 2 is 1.79 bits per heavy atom. The largest absolute Gasteiger partial charge is 0.382 e. The van der Waals surface area contributed by atoms with Gasteiger partial charge >= 0.3 is 0 Å². The third-order valence-electron chi connectivity index (χ3n) is 4.33. The fourth-order valence-corrected chi connectivity index (χ4v) is 2.81. The lowest BCUT2D eigenvalue weighted by Crippen LogP contribution is -2.24. The number of nitrogens with two attached hydrogens (primary N) is 1. The summed E-state index contributed by atoms with van der Waals surface area (Å²) in [5.74, 6) is -0.430. The van der Waals surface area contributed by atoms with Crippen molar-refractivity contribution in [2.24, 2.45) is 0 Å². The fourth-order valence-electron chi connectivity index (χ4n) is 2.81. The second kappa shape index (κ2) is 8.68. The number of nitrogens with zero attached hydrogens (tertiary/aromatic N) is 4. The van der Waals surface area contributed by atoms with E-state index in [0.717, 1.165) is 0 Å². The average Bonchev–Trinajstić information content (AvgIpc) is 3.07. The number of nitrogens with one attached hydrogen (secondary N) is 1. The van der Waals surface area contributed by atoms with Crippen LogP contribution in [0.3, 0.4) is 0 Å². The zero-order valence-corrected chi connectivity index (χ0v) is 15.4. The number of nitriles is 2. The Hall–Kier alpha value is -4.17. The molecule has 29 heavy (non-hydrogen) atoms. The zero-order valence-electron chi connectivity index (χ0n) is 15.4. The highest BCUT2D eigenvalue weighted by atomic mass is 19.1. The first-order chi connectivity index (χ1) is 14.0. The van der Waals surface area contributed by atoms with E-state index in [1.807, 2.05) is 6.07 Å². The highest BCUT2D eigenvalue weighted by Gasteiger charge is 2.16. The number of halogens is 1. The highest BCUT2D eigenvalue weighted by molar-refractivity contribution is 5.94. The number of amides is 1. The lowest BCUT2D eigenvalue weighted by atomic mass is 10.1. The minimum absolute atomic E-state index is 0.190. The summed E-state index contributed by atoms with van der Waals surface area (Å²) >= 11 is 0. The monoisotopic (exact) mass is 388 g/mol. The van der Waals surface area contributed by atoms with Gasteiger partial charge in [-0.2, -0.15) is 15.6 Å². The Labute approximate surface area is 166 Å². The van der Waals surface area contributed by atoms with Gasteiger partial charge in [0.2, 0.25) is 0 Å². The van der Waals surface area contributed by atoms with Crippen LogP contribution in [0, 0.1) is 28.5 Å². The molecule has 0 atom stereocenters. The Kier molecular flexibility index (Phi) is 5.86. The van der Waals surface area contributed by atoms with E-state index in [9.17, 15) is 14.4 Å². The number of rotatable bonds is 6. The van der Waals surface area contributed by atoms with Crippen molar-refractivity contribution in [2.45, 2.75) is 12.8 Å². The van der Waals surface area contributed by atoms with Crippen LogP contribution in [0.5, 0.6) is 0 Å². The molecule has 3 aromatic rings. The molecule has 0 aliphatic carbocycles. The van der Waals surface area contributed by atoms with Crippen LogP contribution in [0.2, 0.25) is 0 Å². The van der Waals surface area contributed by atoms with Crippen molar-refractivity contribution in [2.75, 3.05) is 12.3 Å². The van der Waals surface area contributed by atoms with E-state index in [0.29, 0.717) is 41.9 Å². The van der Waals surface area contributed by atoms with Gasteiger partial charge in [0.25, 0.3) is 5.91 Å². The van der Waals surface area contributed by atoms with Crippen molar-refractivity contribution >= 4 is 11.7 Å². The van der Waals surface area contributed by atoms with Crippen molar-refractivity contribution in [3.8, 4) is 17.8 Å². The van der Waals surface area contributed by atoms with Gasteiger partial charge in [-0.05, 0) is 61.4 Å². The molecular formula is C21H17FN6O. The molecule has 0 radical (unpaired) electrons. The SMILES string of the molecule is N#Cc1ccc(C(=O)NCCCc2nn(-c3ccc(F)cc3)c(N)c2C#N)cc1. The van der Waals surface area contributed by atoms with Gasteiger partial charge in [0.1, 0.15) is 23.3 Å². The number of carbonyl (C=O) groups excluding carboxylic acids is 1. The van der Waals surface area contributed by atoms with Crippen LogP contribution in [-0.4, -0.2) is 22.2 Å². The second-order valence-electron chi connectivity index (χ2n) is 6.26. The van der Waals surface area contributed by atoms with Gasteiger partial charge < -0.3 is 11.1 Å². The number of aryl methyl sites for hydroxylation is 1. The van der Waals surface area contributed by atoms with Gasteiger partial charge in [0.15, 0.2) is 0 Å². The number of benzene rings is 2. The van der Waals surface area contributed by atoms with Crippen molar-refractivity contribution in [1.82, 2.24) is 15.1 Å². The first kappa shape index (κ1) is 19.6. The predicted octanol–water partition coefficient (Wildman–Crippen LogP) is 2.70. The van der Waals surface area contributed by atoms with Crippen molar-refractivity contribution < 1.29 is 9.18 Å². The highest BCUT2D eigenvalue weighted by Crippen LogP contribution is 2.21. The van der Waals surface area contributed by atoms with Crippen LogP contribution < -0.4 is 11.1 Å². The number of aromatic nitrogens is 2. The van der Waals surface area contributed by atoms with E-state index < -0.39 is 0 Å². The van der Waals surface area contributed by atoms with Crippen molar-refractivity contribution in [3.05, 3.63) is 76.7 Å². The van der Waals surface area contributed by atoms with Gasteiger partial charge in [-0.3, -0.25) is 4.79 Å². The van der Waals surface area contributed by atoms with E-state index in [2.05, 4.69) is 16.5 Å². The number of carbonyl (C=O) groups is 1. The Bertz CT molecular complexity index is 1100. The molecule has 0 aliphatic heterocycles. The van der Waals surface area contributed by atoms with E-state index in [-0.39, 0.29) is 23.1 Å². The number of hydrogen-bond acceptors (Lipinski definition) is 5. The molecule has 0 aliphatic rings. The van der Waals surface area contributed by atoms with Gasteiger partial charge in [0.05, 0.1) is 23.0 Å². The zero-order chi connectivity index (χ0) is 20.8. The average molecular weight is 388 g/mol. The van der Waals surface area contributed by atoms with Crippen molar-refractivity contribution in [1.29, 1.82) is 10.5 Å². The van der Waals surface area contributed by atoms with Gasteiger partial charge in [0, 0.05) is 12.1 Å². The van der Waals surface area contributed by atoms with E-state index in [1.54, 1.807) is 24.3 Å². The molecule has 0 unspecified atom stereocenters. The summed E-state index contributed by atoms with van der Waals surface area (Å²) < 4.78 is 14.5. The lowest BCUT2D eigenvalue weighted by Gasteiger charge is -2.05. The first-order valence-electron chi connectivity index (χ1n) is 8.85. The van der Waals surface area contributed by atoms with E-state index in [1.165, 1.54) is 28.9 Å². The summed E-state index contributed by atoms with van der Waals surface area (Å²) in [5.41, 5.74) is 8.32. The molecule has 144 valence electrons. The molecular weight excluding hydrogens is 371 g/mol. The minimum Gasteiger partial charge on any atom is -0.382 e. The van der Waals surface area contributed by atoms with Crippen LogP contribution in [0.4, 0.5) is 10.2 Å². The van der Waals surface area contributed by atoms with Gasteiger partial charge in [-0.1, -0.05) is 0 Å². The van der Waals surface area contributed by atoms with Gasteiger partial charge in [-0.25, -0.2) is 9.07 Å². The molecule has 2 aromatic carbocycles. The van der Waals surface area contributed by atoms with Crippen molar-refractivity contribution in [3.63, 3.8) is 0 Å². The smallest absolute Gasteiger partial charge is 0.251 e. The van der Waals surface area contributed by atoms with Crippen LogP contribution in [0.1, 0.15) is 33.6 Å². The Morgan fingerprint density at radius 1 is 1.10 bits per heavy atom. The minimum atomic E-state index is -0.377. The summed E-state index contributed by atoms with van der Waals surface area (Å²) in [6.07, 6.45) is 0.992. The molecule has 0 saturated carbocycles. The normalized spacial score (nSPS) is 10.2. The van der Waals surface area contributed by atoms with Crippen LogP contribution in [0.25, 0.3) is 5.69 Å². The lowest BCUT2D eigenvalue weighted by molar-refractivity contribution is 0.0953. The maximum atomic E-state index is 13.1. The molecule has 1 heterocycles. The molecule has 0 saturated heterocycles. The summed E-state index contributed by atoms with van der Waals surface area (Å²) in [6, 6.07) is 16.0. The third-order valence-corrected chi connectivity index (χ3v) is 4.33. The Balaban J connectivity index is 1.62. The summed E-state index contributed by atoms with van der Waals surface area (Å²) in [5, 5.41) is 25.4. The second-order valence-corrected chi connectivity index (χ2v) is 6.26. The maximum absolute atomic E-state index is 13.1. The summed E-state index contributed by atoms with van der Waals surface area (Å²) in [7, 11) is 0. The molecule has 1 aromatic heterocycles.